The van der Waals surface area contributed by atoms with Gasteiger partial charge < -0.3 is 10.5 Å². The fourth-order valence-electron chi connectivity index (χ4n) is 4.18. The number of nitrogens with two attached hydrogens (primary N) is 1. The van der Waals surface area contributed by atoms with Crippen molar-refractivity contribution >= 4 is 23.2 Å². The minimum atomic E-state index is -0.820. The number of amides is 1. The normalized spacial score (nSPS) is 23.1. The second-order valence-electron chi connectivity index (χ2n) is 7.74. The Bertz CT molecular complexity index is 1160. The summed E-state index contributed by atoms with van der Waals surface area (Å²) in [6.45, 7) is 2.66. The number of hydrogen-bond donors (Lipinski definition) is 1. The molecule has 2 N–H and O–H groups in total. The first-order chi connectivity index (χ1) is 14.5. The third kappa shape index (κ3) is 2.87. The highest BCUT2D eigenvalue weighted by atomic mass is 32.1. The maximum atomic E-state index is 13.4. The summed E-state index contributed by atoms with van der Waals surface area (Å²) in [5.41, 5.74) is 9.30. The Balaban J connectivity index is 1.63. The summed E-state index contributed by atoms with van der Waals surface area (Å²) >= 11 is 1.57. The maximum absolute atomic E-state index is 13.4. The number of nitrogens with zero attached hydrogens (tertiary/aromatic N) is 4. The van der Waals surface area contributed by atoms with E-state index < -0.39 is 11.5 Å². The summed E-state index contributed by atoms with van der Waals surface area (Å²) in [6.07, 6.45) is 5.90. The first-order valence-electron chi connectivity index (χ1n) is 9.70. The zero-order valence-electron chi connectivity index (χ0n) is 16.7. The van der Waals surface area contributed by atoms with E-state index >= 15 is 0 Å². The zero-order chi connectivity index (χ0) is 20.9. The van der Waals surface area contributed by atoms with Gasteiger partial charge in [0.2, 0.25) is 5.91 Å². The molecule has 1 aromatic carbocycles. The lowest BCUT2D eigenvalue weighted by Crippen LogP contribution is -2.52. The predicted octanol–water partition coefficient (Wildman–Crippen LogP) is 2.93. The molecule has 0 saturated carbocycles. The van der Waals surface area contributed by atoms with Crippen LogP contribution in [-0.2, 0) is 16.8 Å². The molecule has 2 aromatic heterocycles. The van der Waals surface area contributed by atoms with Crippen LogP contribution in [0.4, 0.5) is 0 Å². The summed E-state index contributed by atoms with van der Waals surface area (Å²) in [4.78, 5) is 28.9. The van der Waals surface area contributed by atoms with E-state index in [1.165, 1.54) is 11.2 Å². The first-order valence-corrected chi connectivity index (χ1v) is 10.6. The molecular formula is C22H21N5O2S. The van der Waals surface area contributed by atoms with Crippen molar-refractivity contribution in [3.8, 4) is 16.9 Å². The molecule has 2 aliphatic rings. The standard InChI is InChI=1S/C22H21N5O2S/c1-22(18-8-15(11-30-18)16-9-24-12-25-10-16)19(20(28)27(2)21(23)26-22)14-3-4-17-13(7-14)5-6-29-17/h3-4,7-12,19H,5-6H2,1-2H3,(H2,23,26)/t19-,22-/m1/s1. The van der Waals surface area contributed by atoms with Gasteiger partial charge in [0.05, 0.1) is 12.5 Å². The number of guanidine groups is 1. The van der Waals surface area contributed by atoms with E-state index in [4.69, 9.17) is 15.5 Å². The van der Waals surface area contributed by atoms with Gasteiger partial charge in [0, 0.05) is 36.3 Å². The number of ether oxygens (including phenoxy) is 1. The van der Waals surface area contributed by atoms with Crippen molar-refractivity contribution in [2.24, 2.45) is 10.7 Å². The van der Waals surface area contributed by atoms with Crippen LogP contribution in [0.3, 0.4) is 0 Å². The van der Waals surface area contributed by atoms with Crippen molar-refractivity contribution < 1.29 is 9.53 Å². The van der Waals surface area contributed by atoms with E-state index in [2.05, 4.69) is 22.1 Å². The number of thiophene rings is 1. The average Bonchev–Trinajstić information content (AvgIpc) is 3.42. The number of aromatic nitrogens is 2. The van der Waals surface area contributed by atoms with Crippen molar-refractivity contribution in [2.75, 3.05) is 13.7 Å². The average molecular weight is 420 g/mol. The lowest BCUT2D eigenvalue weighted by Gasteiger charge is -2.40. The molecule has 4 heterocycles. The second kappa shape index (κ2) is 6.91. The molecule has 7 nitrogen and oxygen atoms in total. The van der Waals surface area contributed by atoms with E-state index in [1.54, 1.807) is 30.8 Å². The summed E-state index contributed by atoms with van der Waals surface area (Å²) in [5.74, 6) is 0.560. The van der Waals surface area contributed by atoms with Crippen molar-refractivity contribution in [3.05, 3.63) is 64.4 Å². The molecule has 0 unspecified atom stereocenters. The van der Waals surface area contributed by atoms with Crippen LogP contribution >= 0.6 is 11.3 Å². The van der Waals surface area contributed by atoms with Crippen LogP contribution in [0.1, 0.15) is 28.8 Å². The molecule has 5 rings (SSSR count). The molecule has 2 aliphatic heterocycles. The fourth-order valence-corrected chi connectivity index (χ4v) is 5.23. The number of aliphatic imine (C=N–C) groups is 1. The van der Waals surface area contributed by atoms with Gasteiger partial charge in [-0.05, 0) is 41.1 Å². The lowest BCUT2D eigenvalue weighted by molar-refractivity contribution is -0.130. The largest absolute Gasteiger partial charge is 0.493 e. The number of carbonyl (C=O) groups is 1. The molecule has 0 radical (unpaired) electrons. The number of rotatable bonds is 3. The lowest BCUT2D eigenvalue weighted by atomic mass is 9.77. The molecule has 2 atom stereocenters. The molecule has 0 fully saturated rings. The van der Waals surface area contributed by atoms with Crippen molar-refractivity contribution in [2.45, 2.75) is 24.8 Å². The molecular weight excluding hydrogens is 398 g/mol. The Morgan fingerprint density at radius 1 is 1.23 bits per heavy atom. The van der Waals surface area contributed by atoms with Crippen LogP contribution in [0.15, 0.2) is 53.4 Å². The number of likely N-dealkylation sites (N-methyl/N-ethyl adjacent to an activating group) is 1. The smallest absolute Gasteiger partial charge is 0.239 e. The van der Waals surface area contributed by atoms with Gasteiger partial charge in [0.25, 0.3) is 0 Å². The highest BCUT2D eigenvalue weighted by Crippen LogP contribution is 2.47. The Labute approximate surface area is 178 Å². The molecule has 0 bridgehead atoms. The van der Waals surface area contributed by atoms with Crippen molar-refractivity contribution in [1.29, 1.82) is 0 Å². The number of fused-ring (bicyclic) bond motifs is 1. The minimum absolute atomic E-state index is 0.0677. The van der Waals surface area contributed by atoms with Gasteiger partial charge in [0.15, 0.2) is 5.96 Å². The quantitative estimate of drug-likeness (QED) is 0.704. The highest BCUT2D eigenvalue weighted by molar-refractivity contribution is 7.10. The van der Waals surface area contributed by atoms with Gasteiger partial charge in [-0.1, -0.05) is 12.1 Å². The molecule has 0 aliphatic carbocycles. The summed E-state index contributed by atoms with van der Waals surface area (Å²) in [5, 5.41) is 2.04. The molecule has 1 amide bonds. The Hall–Kier alpha value is -3.26. The number of carbonyl (C=O) groups excluding carboxylic acids is 1. The topological polar surface area (TPSA) is 93.7 Å². The van der Waals surface area contributed by atoms with Crippen LogP contribution in [0.25, 0.3) is 11.1 Å². The van der Waals surface area contributed by atoms with E-state index in [-0.39, 0.29) is 11.9 Å². The van der Waals surface area contributed by atoms with Gasteiger partial charge in [-0.3, -0.25) is 9.69 Å². The van der Waals surface area contributed by atoms with Crippen molar-refractivity contribution in [3.63, 3.8) is 0 Å². The van der Waals surface area contributed by atoms with E-state index in [9.17, 15) is 4.79 Å². The highest BCUT2D eigenvalue weighted by Gasteiger charge is 2.48. The van der Waals surface area contributed by atoms with Gasteiger partial charge in [-0.2, -0.15) is 0 Å². The second-order valence-corrected chi connectivity index (χ2v) is 8.65. The van der Waals surface area contributed by atoms with E-state index in [0.717, 1.165) is 39.3 Å². The van der Waals surface area contributed by atoms with E-state index in [1.807, 2.05) is 24.4 Å². The number of benzene rings is 1. The molecule has 3 aromatic rings. The summed E-state index contributed by atoms with van der Waals surface area (Å²) in [6, 6.07) is 8.05. The number of hydrogen-bond acceptors (Lipinski definition) is 7. The summed E-state index contributed by atoms with van der Waals surface area (Å²) < 4.78 is 5.64. The van der Waals surface area contributed by atoms with Crippen LogP contribution in [-0.4, -0.2) is 40.4 Å². The van der Waals surface area contributed by atoms with Crippen molar-refractivity contribution in [1.82, 2.24) is 14.9 Å². The Morgan fingerprint density at radius 3 is 2.83 bits per heavy atom. The first kappa shape index (κ1) is 18.7. The third-order valence-corrected chi connectivity index (χ3v) is 7.03. The molecule has 152 valence electrons. The SMILES string of the molecule is CN1C(=O)[C@@H](c2ccc3c(c2)CCO3)[C@@](C)(c2cc(-c3cncnc3)cs2)N=C1N. The molecule has 30 heavy (non-hydrogen) atoms. The summed E-state index contributed by atoms with van der Waals surface area (Å²) in [7, 11) is 1.67. The van der Waals surface area contributed by atoms with Crippen LogP contribution in [0, 0.1) is 0 Å². The predicted molar refractivity (Wildman–Crippen MR) is 115 cm³/mol. The zero-order valence-corrected chi connectivity index (χ0v) is 17.5. The van der Waals surface area contributed by atoms with Crippen LogP contribution in [0.2, 0.25) is 0 Å². The monoisotopic (exact) mass is 419 g/mol. The molecule has 8 heteroatoms. The van der Waals surface area contributed by atoms with E-state index in [0.29, 0.717) is 6.61 Å². The maximum Gasteiger partial charge on any atom is 0.239 e. The molecule has 0 spiro atoms. The minimum Gasteiger partial charge on any atom is -0.493 e. The third-order valence-electron chi connectivity index (χ3n) is 5.87. The van der Waals surface area contributed by atoms with Gasteiger partial charge >= 0.3 is 0 Å². The molecule has 0 saturated heterocycles. The van der Waals surface area contributed by atoms with Gasteiger partial charge in [-0.25, -0.2) is 15.0 Å². The Morgan fingerprint density at radius 2 is 2.03 bits per heavy atom. The Kier molecular flexibility index (Phi) is 4.32. The van der Waals surface area contributed by atoms with Crippen LogP contribution in [0.5, 0.6) is 5.75 Å². The fraction of sp³-hybridized carbons (Fsp3) is 0.273. The van der Waals surface area contributed by atoms with Gasteiger partial charge in [0.1, 0.15) is 17.6 Å². The van der Waals surface area contributed by atoms with Gasteiger partial charge in [-0.15, -0.1) is 11.3 Å². The van der Waals surface area contributed by atoms with Crippen LogP contribution < -0.4 is 10.5 Å².